The molecular formula is C36H60N6O7S. The fourth-order valence-electron chi connectivity index (χ4n) is 8.50. The molecule has 5 rings (SSSR count). The molecule has 1 heterocycles. The van der Waals surface area contributed by atoms with Gasteiger partial charge in [0.15, 0.2) is 0 Å². The van der Waals surface area contributed by atoms with Crippen LogP contribution in [0.5, 0.6) is 0 Å². The van der Waals surface area contributed by atoms with Gasteiger partial charge >= 0.3 is 6.03 Å². The third-order valence-electron chi connectivity index (χ3n) is 11.8. The second-order valence-corrected chi connectivity index (χ2v) is 19.2. The zero-order valence-electron chi connectivity index (χ0n) is 31.1. The Kier molecular flexibility index (Phi) is 11.0. The van der Waals surface area contributed by atoms with Crippen LogP contribution < -0.4 is 21.3 Å². The van der Waals surface area contributed by atoms with E-state index in [0.29, 0.717) is 38.8 Å². The maximum absolute atomic E-state index is 14.5. The molecule has 0 aromatic carbocycles. The lowest BCUT2D eigenvalue weighted by Gasteiger charge is -2.41. The number of sulfonamides is 1. The van der Waals surface area contributed by atoms with Crippen molar-refractivity contribution in [2.45, 2.75) is 155 Å². The third-order valence-corrected chi connectivity index (χ3v) is 14.0. The molecule has 282 valence electrons. The first kappa shape index (κ1) is 38.5. The van der Waals surface area contributed by atoms with E-state index in [9.17, 15) is 32.4 Å². The van der Waals surface area contributed by atoms with Crippen molar-refractivity contribution in [1.29, 1.82) is 0 Å². The van der Waals surface area contributed by atoms with Crippen molar-refractivity contribution in [3.05, 3.63) is 0 Å². The lowest BCUT2D eigenvalue weighted by atomic mass is 9.83. The van der Waals surface area contributed by atoms with Gasteiger partial charge in [0, 0.05) is 25.2 Å². The molecule has 0 aromatic rings. The van der Waals surface area contributed by atoms with Crippen LogP contribution in [0.4, 0.5) is 4.79 Å². The molecule has 0 radical (unpaired) electrons. The van der Waals surface area contributed by atoms with E-state index >= 15 is 0 Å². The van der Waals surface area contributed by atoms with E-state index in [4.69, 9.17) is 0 Å². The van der Waals surface area contributed by atoms with Gasteiger partial charge < -0.3 is 26.2 Å². The first-order valence-corrected chi connectivity index (χ1v) is 20.5. The number of ketones is 1. The van der Waals surface area contributed by atoms with Crippen molar-refractivity contribution in [1.82, 2.24) is 30.5 Å². The molecule has 13 nitrogen and oxygen atoms in total. The molecule has 14 heteroatoms. The van der Waals surface area contributed by atoms with Gasteiger partial charge in [-0.15, -0.1) is 0 Å². The summed E-state index contributed by atoms with van der Waals surface area (Å²) in [4.78, 5) is 69.6. The van der Waals surface area contributed by atoms with Gasteiger partial charge in [-0.25, -0.2) is 13.2 Å². The fourth-order valence-corrected chi connectivity index (χ4v) is 10.8. The number of amides is 5. The molecule has 5 fully saturated rings. The summed E-state index contributed by atoms with van der Waals surface area (Å²) in [5, 5.41) is 11.5. The van der Waals surface area contributed by atoms with Crippen molar-refractivity contribution in [3.8, 4) is 0 Å². The molecule has 5 aliphatic rings. The van der Waals surface area contributed by atoms with Crippen LogP contribution in [0.25, 0.3) is 0 Å². The molecule has 1 aliphatic heterocycles. The Bertz CT molecular complexity index is 1440. The standard InChI is InChI=1S/C36H60N6O7S/c1-8-13-25(28(43)31(45)37-22-14-15-22)38-30(44)27-26-24(35(26,6)7)20-41(27)32(46)29(34(3,4)5)39-33(47)40-36(18-11-10-12-19-36)21-50(48,49)42(9-2)23-16-17-23/h22-27,29H,8-21H2,1-7H3,(H,37,45)(H,38,44)(H2,39,40,47)/t24-,25-,26-,27-,29+/m0/s1. The minimum absolute atomic E-state index is 0.00518. The molecule has 4 N–H and O–H groups in total. The number of hydrogen-bond donors (Lipinski definition) is 4. The van der Waals surface area contributed by atoms with E-state index in [-0.39, 0.29) is 35.1 Å². The minimum Gasteiger partial charge on any atom is -0.347 e. The van der Waals surface area contributed by atoms with Crippen molar-refractivity contribution in [3.63, 3.8) is 0 Å². The van der Waals surface area contributed by atoms with Crippen LogP contribution in [0.15, 0.2) is 0 Å². The van der Waals surface area contributed by atoms with Crippen molar-refractivity contribution in [2.75, 3.05) is 18.8 Å². The highest BCUT2D eigenvalue weighted by Crippen LogP contribution is 2.65. The summed E-state index contributed by atoms with van der Waals surface area (Å²) in [5.41, 5.74) is -1.90. The van der Waals surface area contributed by atoms with Gasteiger partial charge in [-0.3, -0.25) is 19.2 Å². The van der Waals surface area contributed by atoms with Gasteiger partial charge in [0.1, 0.15) is 12.1 Å². The minimum atomic E-state index is -3.64. The summed E-state index contributed by atoms with van der Waals surface area (Å²) in [6.07, 6.45) is 7.83. The Morgan fingerprint density at radius 3 is 2.12 bits per heavy atom. The van der Waals surface area contributed by atoms with Crippen LogP contribution in [0.3, 0.4) is 0 Å². The van der Waals surface area contributed by atoms with E-state index in [0.717, 1.165) is 44.9 Å². The number of Topliss-reactive ketones (excluding diaryl/α,β-unsaturated/α-hetero) is 1. The van der Waals surface area contributed by atoms with Crippen LogP contribution in [-0.2, 0) is 29.2 Å². The number of likely N-dealkylation sites (tertiary alicyclic amines) is 1. The summed E-state index contributed by atoms with van der Waals surface area (Å²) in [6.45, 7) is 14.1. The molecule has 5 atom stereocenters. The summed E-state index contributed by atoms with van der Waals surface area (Å²) in [5.74, 6) is -2.51. The predicted octanol–water partition coefficient (Wildman–Crippen LogP) is 2.83. The van der Waals surface area contributed by atoms with E-state index in [1.54, 1.807) is 9.21 Å². The number of piperidine rings is 1. The topological polar surface area (TPSA) is 174 Å². The van der Waals surface area contributed by atoms with E-state index < -0.39 is 68.6 Å². The maximum Gasteiger partial charge on any atom is 0.315 e. The van der Waals surface area contributed by atoms with E-state index in [1.165, 1.54) is 0 Å². The van der Waals surface area contributed by atoms with Gasteiger partial charge in [0.05, 0.1) is 17.3 Å². The molecule has 0 spiro atoms. The fraction of sp³-hybridized carbons (Fsp3) is 0.861. The van der Waals surface area contributed by atoms with Crippen molar-refractivity contribution < 1.29 is 32.4 Å². The highest BCUT2D eigenvalue weighted by atomic mass is 32.2. The van der Waals surface area contributed by atoms with Gasteiger partial charge in [-0.05, 0) is 67.6 Å². The summed E-state index contributed by atoms with van der Waals surface area (Å²) >= 11 is 0. The molecule has 0 aromatic heterocycles. The number of rotatable bonds is 15. The van der Waals surface area contributed by atoms with Crippen LogP contribution in [0, 0.1) is 22.7 Å². The third kappa shape index (κ3) is 8.32. The highest BCUT2D eigenvalue weighted by Gasteiger charge is 2.70. The molecular weight excluding hydrogens is 660 g/mol. The Labute approximate surface area is 298 Å². The summed E-state index contributed by atoms with van der Waals surface area (Å²) in [6, 6.07) is -3.46. The SMILES string of the molecule is CCC[C@H](NC(=O)[C@@H]1[C@@H]2[C@H](CN1C(=O)[C@@H](NC(=O)NC1(CS(=O)(=O)N(CC)C3CC3)CCCCC1)C(C)(C)C)C2(C)C)C(=O)C(=O)NC1CC1. The van der Waals surface area contributed by atoms with Crippen LogP contribution in [0.2, 0.25) is 0 Å². The quantitative estimate of drug-likeness (QED) is 0.188. The smallest absolute Gasteiger partial charge is 0.315 e. The molecule has 50 heavy (non-hydrogen) atoms. The second kappa shape index (κ2) is 14.4. The summed E-state index contributed by atoms with van der Waals surface area (Å²) < 4.78 is 28.8. The van der Waals surface area contributed by atoms with Gasteiger partial charge in [0.25, 0.3) is 5.91 Å². The zero-order chi connectivity index (χ0) is 36.8. The zero-order valence-corrected chi connectivity index (χ0v) is 31.9. The Balaban J connectivity index is 1.32. The van der Waals surface area contributed by atoms with Crippen molar-refractivity contribution >= 4 is 39.6 Å². The number of carbonyl (C=O) groups is 5. The Morgan fingerprint density at radius 2 is 1.58 bits per heavy atom. The number of nitrogens with one attached hydrogen (secondary N) is 4. The number of nitrogens with zero attached hydrogens (tertiary/aromatic N) is 2. The lowest BCUT2D eigenvalue weighted by molar-refractivity contribution is -0.145. The number of urea groups is 1. The van der Waals surface area contributed by atoms with Gasteiger partial charge in [-0.1, -0.05) is 74.1 Å². The molecule has 0 bridgehead atoms. The van der Waals surface area contributed by atoms with Gasteiger partial charge in [-0.2, -0.15) is 4.31 Å². The van der Waals surface area contributed by atoms with E-state index in [2.05, 4.69) is 35.1 Å². The number of carbonyl (C=O) groups excluding carboxylic acids is 5. The normalized spacial score (nSPS) is 26.7. The Hall–Kier alpha value is -2.74. The molecule has 0 unspecified atom stereocenters. The second-order valence-electron chi connectivity index (χ2n) is 17.3. The maximum atomic E-state index is 14.5. The molecule has 4 saturated carbocycles. The monoisotopic (exact) mass is 720 g/mol. The molecule has 5 amide bonds. The predicted molar refractivity (Wildman–Crippen MR) is 189 cm³/mol. The van der Waals surface area contributed by atoms with E-state index in [1.807, 2.05) is 34.6 Å². The van der Waals surface area contributed by atoms with Crippen LogP contribution >= 0.6 is 0 Å². The number of hydrogen-bond acceptors (Lipinski definition) is 7. The first-order chi connectivity index (χ1) is 23.3. The molecule has 4 aliphatic carbocycles. The lowest BCUT2D eigenvalue weighted by Crippen LogP contribution is -2.64. The van der Waals surface area contributed by atoms with Gasteiger partial charge in [0.2, 0.25) is 27.6 Å². The van der Waals surface area contributed by atoms with Crippen LogP contribution in [-0.4, -0.2) is 102 Å². The average molecular weight is 721 g/mol. The van der Waals surface area contributed by atoms with Crippen molar-refractivity contribution in [2.24, 2.45) is 22.7 Å². The average Bonchev–Trinajstić information content (AvgIpc) is 3.98. The molecule has 1 saturated heterocycles. The largest absolute Gasteiger partial charge is 0.347 e. The summed E-state index contributed by atoms with van der Waals surface area (Å²) in [7, 11) is -3.64. The highest BCUT2D eigenvalue weighted by molar-refractivity contribution is 7.89. The van der Waals surface area contributed by atoms with Crippen LogP contribution in [0.1, 0.15) is 119 Å². The Morgan fingerprint density at radius 1 is 0.940 bits per heavy atom. The first-order valence-electron chi connectivity index (χ1n) is 18.9. The number of fused-ring (bicyclic) bond motifs is 1.